The summed E-state index contributed by atoms with van der Waals surface area (Å²) >= 11 is 0. The second-order valence-corrected chi connectivity index (χ2v) is 5.46. The monoisotopic (exact) mass is 261 g/mol. The van der Waals surface area contributed by atoms with Crippen LogP contribution in [0.4, 0.5) is 5.69 Å². The van der Waals surface area contributed by atoms with Crippen molar-refractivity contribution < 1.29 is 4.79 Å². The first-order chi connectivity index (χ1) is 9.13. The van der Waals surface area contributed by atoms with E-state index in [4.69, 9.17) is 5.73 Å². The molecule has 1 aromatic carbocycles. The maximum atomic E-state index is 11.8. The van der Waals surface area contributed by atoms with Gasteiger partial charge in [0.1, 0.15) is 0 Å². The minimum absolute atomic E-state index is 0.145. The van der Waals surface area contributed by atoms with E-state index in [0.717, 1.165) is 37.3 Å². The molecule has 1 heterocycles. The Morgan fingerprint density at radius 2 is 2.16 bits per heavy atom. The lowest BCUT2D eigenvalue weighted by molar-refractivity contribution is -0.121. The summed E-state index contributed by atoms with van der Waals surface area (Å²) in [6.07, 6.45) is 2.51. The normalized spacial score (nSPS) is 19.5. The van der Waals surface area contributed by atoms with Crippen LogP contribution in [-0.4, -0.2) is 37.5 Å². The Morgan fingerprint density at radius 1 is 1.42 bits per heavy atom. The van der Waals surface area contributed by atoms with Gasteiger partial charge in [0.15, 0.2) is 0 Å². The van der Waals surface area contributed by atoms with E-state index in [9.17, 15) is 4.79 Å². The third-order valence-corrected chi connectivity index (χ3v) is 3.70. The van der Waals surface area contributed by atoms with Crippen molar-refractivity contribution in [1.29, 1.82) is 0 Å². The third kappa shape index (κ3) is 4.56. The van der Waals surface area contributed by atoms with E-state index in [1.165, 1.54) is 6.42 Å². The van der Waals surface area contributed by atoms with Crippen LogP contribution in [-0.2, 0) is 11.2 Å². The molecule has 4 heteroatoms. The van der Waals surface area contributed by atoms with Crippen molar-refractivity contribution in [3.63, 3.8) is 0 Å². The zero-order chi connectivity index (χ0) is 13.7. The number of hydrogen-bond donors (Lipinski definition) is 2. The zero-order valence-corrected chi connectivity index (χ0v) is 11.6. The van der Waals surface area contributed by atoms with Gasteiger partial charge in [0.05, 0.1) is 0 Å². The molecule has 1 unspecified atom stereocenters. The Bertz CT molecular complexity index is 416. The second-order valence-electron chi connectivity index (χ2n) is 5.46. The highest BCUT2D eigenvalue weighted by Gasteiger charge is 2.19. The second kappa shape index (κ2) is 6.57. The summed E-state index contributed by atoms with van der Waals surface area (Å²) in [4.78, 5) is 14.1. The van der Waals surface area contributed by atoms with E-state index >= 15 is 0 Å². The van der Waals surface area contributed by atoms with Gasteiger partial charge in [-0.3, -0.25) is 4.79 Å². The molecule has 0 bridgehead atoms. The van der Waals surface area contributed by atoms with E-state index in [2.05, 4.69) is 17.3 Å². The summed E-state index contributed by atoms with van der Waals surface area (Å²) in [6, 6.07) is 7.71. The molecule has 1 saturated heterocycles. The molecule has 1 aromatic rings. The maximum absolute atomic E-state index is 11.8. The summed E-state index contributed by atoms with van der Waals surface area (Å²) in [5.41, 5.74) is 7.55. The van der Waals surface area contributed by atoms with Crippen LogP contribution in [0, 0.1) is 5.92 Å². The number of nitrogens with two attached hydrogens (primary N) is 1. The Morgan fingerprint density at radius 3 is 2.79 bits per heavy atom. The maximum Gasteiger partial charge on any atom is 0.220 e. The topological polar surface area (TPSA) is 58.4 Å². The molecule has 104 valence electrons. The van der Waals surface area contributed by atoms with E-state index in [0.29, 0.717) is 12.3 Å². The third-order valence-electron chi connectivity index (χ3n) is 3.70. The molecular weight excluding hydrogens is 238 g/mol. The SMILES string of the molecule is CN1CCC(CNC(=O)CCc2ccc(N)cc2)C1. The number of likely N-dealkylation sites (tertiary alicyclic amines) is 1. The molecule has 19 heavy (non-hydrogen) atoms. The van der Waals surface area contributed by atoms with Crippen molar-refractivity contribution in [2.75, 3.05) is 32.4 Å². The fourth-order valence-electron chi connectivity index (χ4n) is 2.48. The van der Waals surface area contributed by atoms with Gasteiger partial charge in [0.2, 0.25) is 5.91 Å². The summed E-state index contributed by atoms with van der Waals surface area (Å²) < 4.78 is 0. The fraction of sp³-hybridized carbons (Fsp3) is 0.533. The number of nitrogens with zero attached hydrogens (tertiary/aromatic N) is 1. The molecule has 1 aliphatic heterocycles. The molecule has 0 aliphatic carbocycles. The number of anilines is 1. The molecule has 1 atom stereocenters. The summed E-state index contributed by atoms with van der Waals surface area (Å²) in [6.45, 7) is 3.05. The summed E-state index contributed by atoms with van der Waals surface area (Å²) in [5, 5.41) is 3.04. The lowest BCUT2D eigenvalue weighted by Gasteiger charge is -2.11. The van der Waals surface area contributed by atoms with Crippen molar-refractivity contribution in [1.82, 2.24) is 10.2 Å². The molecule has 0 spiro atoms. The van der Waals surface area contributed by atoms with Crippen LogP contribution in [0.2, 0.25) is 0 Å². The number of nitrogens with one attached hydrogen (secondary N) is 1. The van der Waals surface area contributed by atoms with Gasteiger partial charge in [-0.2, -0.15) is 0 Å². The van der Waals surface area contributed by atoms with E-state index in [-0.39, 0.29) is 5.91 Å². The van der Waals surface area contributed by atoms with Gasteiger partial charge < -0.3 is 16.0 Å². The highest BCUT2D eigenvalue weighted by Crippen LogP contribution is 2.13. The summed E-state index contributed by atoms with van der Waals surface area (Å²) in [5.74, 6) is 0.761. The average molecular weight is 261 g/mol. The molecule has 2 rings (SSSR count). The largest absolute Gasteiger partial charge is 0.399 e. The molecule has 1 amide bonds. The van der Waals surface area contributed by atoms with Crippen LogP contribution in [0.15, 0.2) is 24.3 Å². The van der Waals surface area contributed by atoms with E-state index in [1.807, 2.05) is 24.3 Å². The number of hydrogen-bond acceptors (Lipinski definition) is 3. The fourth-order valence-corrected chi connectivity index (χ4v) is 2.48. The molecule has 0 saturated carbocycles. The van der Waals surface area contributed by atoms with Crippen molar-refractivity contribution in [2.45, 2.75) is 19.3 Å². The van der Waals surface area contributed by atoms with Crippen molar-refractivity contribution in [2.24, 2.45) is 5.92 Å². The highest BCUT2D eigenvalue weighted by atomic mass is 16.1. The van der Waals surface area contributed by atoms with Gasteiger partial charge in [-0.1, -0.05) is 12.1 Å². The minimum atomic E-state index is 0.145. The Hall–Kier alpha value is -1.55. The number of nitrogen functional groups attached to an aromatic ring is 1. The quantitative estimate of drug-likeness (QED) is 0.785. The van der Waals surface area contributed by atoms with Gasteiger partial charge in [-0.25, -0.2) is 0 Å². The number of amides is 1. The van der Waals surface area contributed by atoms with Crippen LogP contribution >= 0.6 is 0 Å². The summed E-state index contributed by atoms with van der Waals surface area (Å²) in [7, 11) is 2.13. The molecule has 3 N–H and O–H groups in total. The first-order valence-corrected chi connectivity index (χ1v) is 6.93. The number of carbonyl (C=O) groups excluding carboxylic acids is 1. The Balaban J connectivity index is 1.65. The van der Waals surface area contributed by atoms with E-state index < -0.39 is 0 Å². The molecule has 4 nitrogen and oxygen atoms in total. The lowest BCUT2D eigenvalue weighted by Crippen LogP contribution is -2.30. The first kappa shape index (κ1) is 13.9. The molecule has 1 aliphatic rings. The average Bonchev–Trinajstić information content (AvgIpc) is 2.81. The highest BCUT2D eigenvalue weighted by molar-refractivity contribution is 5.76. The van der Waals surface area contributed by atoms with Gasteiger partial charge in [-0.15, -0.1) is 0 Å². The van der Waals surface area contributed by atoms with Crippen LogP contribution < -0.4 is 11.1 Å². The standard InChI is InChI=1S/C15H23N3O/c1-18-9-8-13(11-18)10-17-15(19)7-4-12-2-5-14(16)6-3-12/h2-3,5-6,13H,4,7-11,16H2,1H3,(H,17,19). The van der Waals surface area contributed by atoms with Crippen LogP contribution in [0.3, 0.4) is 0 Å². The molecule has 0 aromatic heterocycles. The van der Waals surface area contributed by atoms with Gasteiger partial charge >= 0.3 is 0 Å². The number of aryl methyl sites for hydroxylation is 1. The van der Waals surface area contributed by atoms with Crippen LogP contribution in [0.25, 0.3) is 0 Å². The van der Waals surface area contributed by atoms with Crippen LogP contribution in [0.5, 0.6) is 0 Å². The van der Waals surface area contributed by atoms with Crippen molar-refractivity contribution in [3.05, 3.63) is 29.8 Å². The van der Waals surface area contributed by atoms with Gasteiger partial charge in [0, 0.05) is 25.2 Å². The molecule has 0 radical (unpaired) electrons. The Kier molecular flexibility index (Phi) is 4.80. The van der Waals surface area contributed by atoms with Crippen LogP contribution in [0.1, 0.15) is 18.4 Å². The number of benzene rings is 1. The van der Waals surface area contributed by atoms with Gasteiger partial charge in [0.25, 0.3) is 0 Å². The predicted molar refractivity (Wildman–Crippen MR) is 77.8 cm³/mol. The molecular formula is C15H23N3O. The van der Waals surface area contributed by atoms with Gasteiger partial charge in [-0.05, 0) is 50.0 Å². The molecule has 1 fully saturated rings. The van der Waals surface area contributed by atoms with E-state index in [1.54, 1.807) is 0 Å². The first-order valence-electron chi connectivity index (χ1n) is 6.93. The Labute approximate surface area is 115 Å². The smallest absolute Gasteiger partial charge is 0.220 e. The lowest BCUT2D eigenvalue weighted by atomic mass is 10.1. The predicted octanol–water partition coefficient (Wildman–Crippen LogP) is 1.27. The van der Waals surface area contributed by atoms with Crippen molar-refractivity contribution in [3.8, 4) is 0 Å². The van der Waals surface area contributed by atoms with Crippen molar-refractivity contribution >= 4 is 11.6 Å². The number of rotatable bonds is 5. The minimum Gasteiger partial charge on any atom is -0.399 e. The number of carbonyl (C=O) groups is 1. The zero-order valence-electron chi connectivity index (χ0n) is 11.6.